The summed E-state index contributed by atoms with van der Waals surface area (Å²) in [6, 6.07) is 8.18. The van der Waals surface area contributed by atoms with Gasteiger partial charge in [0.1, 0.15) is 5.82 Å². The van der Waals surface area contributed by atoms with Crippen molar-refractivity contribution in [3.8, 4) is 0 Å². The van der Waals surface area contributed by atoms with E-state index in [0.29, 0.717) is 24.8 Å². The molecule has 0 spiro atoms. The quantitative estimate of drug-likeness (QED) is 0.781. The first-order valence-corrected chi connectivity index (χ1v) is 7.97. The van der Waals surface area contributed by atoms with Gasteiger partial charge in [-0.15, -0.1) is 0 Å². The molecule has 2 rings (SSSR count). The van der Waals surface area contributed by atoms with Crippen molar-refractivity contribution in [2.45, 2.75) is 32.9 Å². The SMILES string of the molecule is CC(C)c1cc(CN(C)C(=O)CN(C)Cc2ccc(F)cc2)on1. The minimum Gasteiger partial charge on any atom is -0.359 e. The molecule has 6 heteroatoms. The van der Waals surface area contributed by atoms with Crippen LogP contribution in [0.4, 0.5) is 4.39 Å². The number of benzene rings is 1. The van der Waals surface area contributed by atoms with E-state index >= 15 is 0 Å². The summed E-state index contributed by atoms with van der Waals surface area (Å²) in [5, 5.41) is 4.00. The third kappa shape index (κ3) is 5.16. The summed E-state index contributed by atoms with van der Waals surface area (Å²) in [6.07, 6.45) is 0. The molecular weight excluding hydrogens is 309 g/mol. The molecule has 1 heterocycles. The molecule has 0 N–H and O–H groups in total. The second kappa shape index (κ2) is 8.06. The lowest BCUT2D eigenvalue weighted by Crippen LogP contribution is -2.35. The number of halogens is 1. The number of nitrogens with zero attached hydrogens (tertiary/aromatic N) is 3. The number of aromatic nitrogens is 1. The maximum atomic E-state index is 12.9. The molecule has 0 atom stereocenters. The molecule has 130 valence electrons. The second-order valence-electron chi connectivity index (χ2n) is 6.42. The number of amides is 1. The molecule has 2 aromatic rings. The van der Waals surface area contributed by atoms with Gasteiger partial charge in [-0.3, -0.25) is 9.69 Å². The van der Waals surface area contributed by atoms with Crippen LogP contribution in [0.25, 0.3) is 0 Å². The zero-order valence-electron chi connectivity index (χ0n) is 14.6. The van der Waals surface area contributed by atoms with Gasteiger partial charge in [-0.1, -0.05) is 31.1 Å². The Labute approximate surface area is 142 Å². The highest BCUT2D eigenvalue weighted by atomic mass is 19.1. The summed E-state index contributed by atoms with van der Waals surface area (Å²) in [5.41, 5.74) is 1.85. The van der Waals surface area contributed by atoms with E-state index in [1.165, 1.54) is 12.1 Å². The second-order valence-corrected chi connectivity index (χ2v) is 6.42. The minimum atomic E-state index is -0.259. The fourth-order valence-electron chi connectivity index (χ4n) is 2.31. The summed E-state index contributed by atoms with van der Waals surface area (Å²) < 4.78 is 18.2. The van der Waals surface area contributed by atoms with Crippen molar-refractivity contribution >= 4 is 5.91 Å². The van der Waals surface area contributed by atoms with E-state index in [-0.39, 0.29) is 18.3 Å². The van der Waals surface area contributed by atoms with Gasteiger partial charge in [0.05, 0.1) is 18.8 Å². The molecule has 0 unspecified atom stereocenters. The van der Waals surface area contributed by atoms with E-state index in [1.807, 2.05) is 31.9 Å². The zero-order chi connectivity index (χ0) is 17.7. The zero-order valence-corrected chi connectivity index (χ0v) is 14.6. The molecule has 0 aliphatic carbocycles. The van der Waals surface area contributed by atoms with Crippen LogP contribution in [0.15, 0.2) is 34.9 Å². The highest BCUT2D eigenvalue weighted by Gasteiger charge is 2.15. The van der Waals surface area contributed by atoms with Gasteiger partial charge in [-0.05, 0) is 30.7 Å². The van der Waals surface area contributed by atoms with E-state index < -0.39 is 0 Å². The number of hydrogen-bond donors (Lipinski definition) is 0. The molecule has 0 radical (unpaired) electrons. The lowest BCUT2D eigenvalue weighted by Gasteiger charge is -2.21. The molecule has 0 saturated carbocycles. The Hall–Kier alpha value is -2.21. The van der Waals surface area contributed by atoms with E-state index in [9.17, 15) is 9.18 Å². The summed E-state index contributed by atoms with van der Waals surface area (Å²) in [6.45, 7) is 5.34. The summed E-state index contributed by atoms with van der Waals surface area (Å²) in [4.78, 5) is 15.8. The Bertz CT molecular complexity index is 667. The first-order valence-electron chi connectivity index (χ1n) is 7.97. The molecule has 1 aromatic carbocycles. The van der Waals surface area contributed by atoms with E-state index in [1.54, 1.807) is 24.1 Å². The van der Waals surface area contributed by atoms with Gasteiger partial charge >= 0.3 is 0 Å². The van der Waals surface area contributed by atoms with Crippen LogP contribution in [0, 0.1) is 5.82 Å². The van der Waals surface area contributed by atoms with Crippen molar-refractivity contribution in [1.82, 2.24) is 15.0 Å². The standard InChI is InChI=1S/C18H24FN3O2/c1-13(2)17-9-16(24-20-17)11-22(4)18(23)12-21(3)10-14-5-7-15(19)8-6-14/h5-9,13H,10-12H2,1-4H3. The van der Waals surface area contributed by atoms with E-state index in [4.69, 9.17) is 4.52 Å². The van der Waals surface area contributed by atoms with Gasteiger partial charge in [-0.2, -0.15) is 0 Å². The number of carbonyl (C=O) groups excluding carboxylic acids is 1. The highest BCUT2D eigenvalue weighted by molar-refractivity contribution is 5.77. The van der Waals surface area contributed by atoms with E-state index in [2.05, 4.69) is 5.16 Å². The topological polar surface area (TPSA) is 49.6 Å². The Morgan fingerprint density at radius 3 is 2.46 bits per heavy atom. The number of hydrogen-bond acceptors (Lipinski definition) is 4. The van der Waals surface area contributed by atoms with Crippen molar-refractivity contribution < 1.29 is 13.7 Å². The van der Waals surface area contributed by atoms with Crippen LogP contribution < -0.4 is 0 Å². The number of carbonyl (C=O) groups is 1. The fourth-order valence-corrected chi connectivity index (χ4v) is 2.31. The van der Waals surface area contributed by atoms with Crippen LogP contribution in [0.1, 0.15) is 36.8 Å². The smallest absolute Gasteiger partial charge is 0.236 e. The molecule has 0 saturated heterocycles. The lowest BCUT2D eigenvalue weighted by atomic mass is 10.1. The Kier molecular flexibility index (Phi) is 6.09. The first-order chi connectivity index (χ1) is 11.3. The summed E-state index contributed by atoms with van der Waals surface area (Å²) in [5.74, 6) is 0.702. The van der Waals surface area contributed by atoms with Crippen LogP contribution in [0.5, 0.6) is 0 Å². The van der Waals surface area contributed by atoms with Gasteiger partial charge in [0, 0.05) is 19.7 Å². The van der Waals surface area contributed by atoms with Crippen LogP contribution in [0.3, 0.4) is 0 Å². The van der Waals surface area contributed by atoms with Gasteiger partial charge in [-0.25, -0.2) is 4.39 Å². The molecule has 0 aliphatic rings. The Balaban J connectivity index is 1.84. The monoisotopic (exact) mass is 333 g/mol. The van der Waals surface area contributed by atoms with Crippen LogP contribution in [0.2, 0.25) is 0 Å². The predicted molar refractivity (Wildman–Crippen MR) is 89.8 cm³/mol. The Morgan fingerprint density at radius 1 is 1.21 bits per heavy atom. The summed E-state index contributed by atoms with van der Waals surface area (Å²) >= 11 is 0. The lowest BCUT2D eigenvalue weighted by molar-refractivity contribution is -0.131. The molecule has 0 fully saturated rings. The van der Waals surface area contributed by atoms with Gasteiger partial charge in [0.2, 0.25) is 5.91 Å². The van der Waals surface area contributed by atoms with Crippen molar-refractivity contribution in [2.75, 3.05) is 20.6 Å². The predicted octanol–water partition coefficient (Wildman–Crippen LogP) is 3.03. The summed E-state index contributed by atoms with van der Waals surface area (Å²) in [7, 11) is 3.60. The minimum absolute atomic E-state index is 0.0119. The van der Waals surface area contributed by atoms with Gasteiger partial charge in [0.25, 0.3) is 0 Å². The maximum Gasteiger partial charge on any atom is 0.236 e. The largest absolute Gasteiger partial charge is 0.359 e. The molecule has 1 aromatic heterocycles. The van der Waals surface area contributed by atoms with Crippen molar-refractivity contribution in [3.05, 3.63) is 53.2 Å². The molecule has 0 bridgehead atoms. The van der Waals surface area contributed by atoms with Crippen molar-refractivity contribution in [2.24, 2.45) is 0 Å². The van der Waals surface area contributed by atoms with Crippen LogP contribution in [-0.2, 0) is 17.9 Å². The Morgan fingerprint density at radius 2 is 1.88 bits per heavy atom. The third-order valence-electron chi connectivity index (χ3n) is 3.76. The first kappa shape index (κ1) is 18.1. The average Bonchev–Trinajstić information content (AvgIpc) is 2.98. The van der Waals surface area contributed by atoms with Crippen molar-refractivity contribution in [1.29, 1.82) is 0 Å². The molecule has 24 heavy (non-hydrogen) atoms. The normalized spacial score (nSPS) is 11.3. The van der Waals surface area contributed by atoms with E-state index in [0.717, 1.165) is 11.3 Å². The highest BCUT2D eigenvalue weighted by Crippen LogP contribution is 2.15. The van der Waals surface area contributed by atoms with Gasteiger partial charge in [0.15, 0.2) is 5.76 Å². The molecule has 0 aliphatic heterocycles. The third-order valence-corrected chi connectivity index (χ3v) is 3.76. The molecule has 5 nitrogen and oxygen atoms in total. The molecule has 1 amide bonds. The number of rotatable bonds is 7. The van der Waals surface area contributed by atoms with Gasteiger partial charge < -0.3 is 9.42 Å². The van der Waals surface area contributed by atoms with Crippen molar-refractivity contribution in [3.63, 3.8) is 0 Å². The van der Waals surface area contributed by atoms with Crippen LogP contribution >= 0.6 is 0 Å². The number of likely N-dealkylation sites (N-methyl/N-ethyl adjacent to an activating group) is 2. The average molecular weight is 333 g/mol. The maximum absolute atomic E-state index is 12.9. The molecular formula is C18H24FN3O2. The van der Waals surface area contributed by atoms with Crippen LogP contribution in [-0.4, -0.2) is 41.5 Å². The fraction of sp³-hybridized carbons (Fsp3) is 0.444.